The van der Waals surface area contributed by atoms with Crippen molar-refractivity contribution >= 4 is 17.7 Å². The second-order valence-corrected chi connectivity index (χ2v) is 3.72. The SMILES string of the molecule is CN(C)B1CCCS1. The maximum atomic E-state index is 2.30. The standard InChI is InChI=1S/C5H12BNS/c1-7(2)6-4-3-5-8-6/h3-5H2,1-2H3. The Morgan fingerprint density at radius 2 is 2.25 bits per heavy atom. The quantitative estimate of drug-likeness (QED) is 0.489. The Morgan fingerprint density at radius 3 is 2.50 bits per heavy atom. The third kappa shape index (κ3) is 1.42. The molecular weight excluding hydrogens is 117 g/mol. The van der Waals surface area contributed by atoms with Crippen molar-refractivity contribution < 1.29 is 0 Å². The van der Waals surface area contributed by atoms with Crippen molar-refractivity contribution in [3.63, 3.8) is 0 Å². The second-order valence-electron chi connectivity index (χ2n) is 2.43. The van der Waals surface area contributed by atoms with Crippen LogP contribution in [0.25, 0.3) is 0 Å². The highest BCUT2D eigenvalue weighted by Crippen LogP contribution is 2.24. The van der Waals surface area contributed by atoms with Gasteiger partial charge in [-0.05, 0) is 32.6 Å². The van der Waals surface area contributed by atoms with Gasteiger partial charge in [0.25, 0.3) is 6.13 Å². The van der Waals surface area contributed by atoms with Gasteiger partial charge in [0.2, 0.25) is 0 Å². The molecule has 1 nitrogen and oxygen atoms in total. The molecule has 1 heterocycles. The van der Waals surface area contributed by atoms with E-state index in [4.69, 9.17) is 0 Å². The highest BCUT2D eigenvalue weighted by molar-refractivity contribution is 8.25. The van der Waals surface area contributed by atoms with Gasteiger partial charge < -0.3 is 4.81 Å². The van der Waals surface area contributed by atoms with Crippen LogP contribution in [0.2, 0.25) is 6.32 Å². The molecule has 0 aromatic heterocycles. The van der Waals surface area contributed by atoms with Crippen LogP contribution in [-0.4, -0.2) is 30.8 Å². The number of hydrogen-bond donors (Lipinski definition) is 0. The average Bonchev–Trinajstić information content (AvgIpc) is 2.12. The minimum absolute atomic E-state index is 0.815. The van der Waals surface area contributed by atoms with Gasteiger partial charge in [0.05, 0.1) is 0 Å². The first-order valence-electron chi connectivity index (χ1n) is 3.09. The third-order valence-corrected chi connectivity index (χ3v) is 3.05. The lowest BCUT2D eigenvalue weighted by molar-refractivity contribution is 0.653. The summed E-state index contributed by atoms with van der Waals surface area (Å²) in [6.45, 7) is 0. The summed E-state index contributed by atoms with van der Waals surface area (Å²) < 4.78 is 0. The van der Waals surface area contributed by atoms with Gasteiger partial charge in [-0.25, -0.2) is 0 Å². The van der Waals surface area contributed by atoms with Gasteiger partial charge in [0.1, 0.15) is 0 Å². The summed E-state index contributed by atoms with van der Waals surface area (Å²) in [5.41, 5.74) is 0. The summed E-state index contributed by atoms with van der Waals surface area (Å²) in [6, 6.07) is 0. The van der Waals surface area contributed by atoms with E-state index in [1.807, 2.05) is 0 Å². The Kier molecular flexibility index (Phi) is 2.26. The zero-order chi connectivity index (χ0) is 5.98. The molecule has 8 heavy (non-hydrogen) atoms. The first-order valence-corrected chi connectivity index (χ1v) is 4.13. The van der Waals surface area contributed by atoms with Crippen LogP contribution in [0.15, 0.2) is 0 Å². The fraction of sp³-hybridized carbons (Fsp3) is 1.00. The van der Waals surface area contributed by atoms with Gasteiger partial charge in [0.15, 0.2) is 0 Å². The van der Waals surface area contributed by atoms with Crippen LogP contribution in [0.4, 0.5) is 0 Å². The normalized spacial score (nSPS) is 20.6. The number of nitrogens with zero attached hydrogens (tertiary/aromatic N) is 1. The summed E-state index contributed by atoms with van der Waals surface area (Å²) in [5, 5.41) is 0. The molecule has 1 aliphatic rings. The van der Waals surface area contributed by atoms with Crippen molar-refractivity contribution in [2.75, 3.05) is 19.8 Å². The van der Waals surface area contributed by atoms with E-state index in [9.17, 15) is 0 Å². The van der Waals surface area contributed by atoms with Crippen LogP contribution >= 0.6 is 11.6 Å². The van der Waals surface area contributed by atoms with Crippen LogP contribution in [0.1, 0.15) is 6.42 Å². The Labute approximate surface area is 55.8 Å². The van der Waals surface area contributed by atoms with E-state index in [0.717, 1.165) is 6.13 Å². The molecule has 0 aromatic rings. The molecule has 0 spiro atoms. The zero-order valence-corrected chi connectivity index (χ0v) is 6.37. The Morgan fingerprint density at radius 1 is 1.50 bits per heavy atom. The first-order chi connectivity index (χ1) is 3.80. The van der Waals surface area contributed by atoms with Crippen LogP contribution in [0.5, 0.6) is 0 Å². The van der Waals surface area contributed by atoms with Crippen LogP contribution < -0.4 is 0 Å². The highest BCUT2D eigenvalue weighted by Gasteiger charge is 2.21. The van der Waals surface area contributed by atoms with Gasteiger partial charge >= 0.3 is 0 Å². The molecule has 1 rings (SSSR count). The molecule has 0 bridgehead atoms. The topological polar surface area (TPSA) is 3.24 Å². The molecule has 0 radical (unpaired) electrons. The number of rotatable bonds is 1. The summed E-state index contributed by atoms with van der Waals surface area (Å²) in [4.78, 5) is 2.30. The smallest absolute Gasteiger partial charge is 0.291 e. The molecule has 1 aliphatic heterocycles. The molecule has 0 atom stereocenters. The second kappa shape index (κ2) is 2.78. The summed E-state index contributed by atoms with van der Waals surface area (Å²) >= 11 is 2.08. The molecule has 0 N–H and O–H groups in total. The van der Waals surface area contributed by atoms with E-state index in [1.54, 1.807) is 0 Å². The Balaban J connectivity index is 2.24. The minimum Gasteiger partial charge on any atom is -0.338 e. The van der Waals surface area contributed by atoms with E-state index >= 15 is 0 Å². The highest BCUT2D eigenvalue weighted by atomic mass is 32.2. The molecule has 0 saturated carbocycles. The predicted octanol–water partition coefficient (Wildman–Crippen LogP) is 1.17. The molecule has 0 amide bonds. The van der Waals surface area contributed by atoms with Gasteiger partial charge in [-0.3, -0.25) is 0 Å². The van der Waals surface area contributed by atoms with E-state index < -0.39 is 0 Å². The number of hydrogen-bond acceptors (Lipinski definition) is 2. The molecule has 0 aliphatic carbocycles. The molecule has 46 valence electrons. The van der Waals surface area contributed by atoms with Gasteiger partial charge in [-0.15, -0.1) is 0 Å². The van der Waals surface area contributed by atoms with E-state index in [2.05, 4.69) is 30.5 Å². The molecule has 1 saturated heterocycles. The molecule has 0 unspecified atom stereocenters. The van der Waals surface area contributed by atoms with E-state index in [-0.39, 0.29) is 0 Å². The van der Waals surface area contributed by atoms with Crippen molar-refractivity contribution in [2.24, 2.45) is 0 Å². The Hall–Kier alpha value is 0.375. The van der Waals surface area contributed by atoms with Crippen molar-refractivity contribution in [3.8, 4) is 0 Å². The van der Waals surface area contributed by atoms with Crippen molar-refractivity contribution in [1.29, 1.82) is 0 Å². The van der Waals surface area contributed by atoms with Gasteiger partial charge in [0, 0.05) is 0 Å². The molecule has 0 aromatic carbocycles. The lowest BCUT2D eigenvalue weighted by Crippen LogP contribution is -2.26. The van der Waals surface area contributed by atoms with E-state index in [0.29, 0.717) is 0 Å². The zero-order valence-electron chi connectivity index (χ0n) is 5.55. The largest absolute Gasteiger partial charge is 0.338 e. The monoisotopic (exact) mass is 129 g/mol. The fourth-order valence-corrected chi connectivity index (χ4v) is 2.20. The van der Waals surface area contributed by atoms with Crippen LogP contribution in [0, 0.1) is 0 Å². The maximum Gasteiger partial charge on any atom is 0.291 e. The Bertz CT molecular complexity index is 70.8. The van der Waals surface area contributed by atoms with E-state index in [1.165, 1.54) is 18.5 Å². The van der Waals surface area contributed by atoms with Gasteiger partial charge in [-0.1, -0.05) is 0 Å². The lowest BCUT2D eigenvalue weighted by atomic mass is 9.84. The molecular formula is C5H12BNS. The minimum atomic E-state index is 0.815. The first kappa shape index (κ1) is 6.49. The van der Waals surface area contributed by atoms with Crippen LogP contribution in [0.3, 0.4) is 0 Å². The predicted molar refractivity (Wildman–Crippen MR) is 41.3 cm³/mol. The van der Waals surface area contributed by atoms with Crippen molar-refractivity contribution in [2.45, 2.75) is 12.7 Å². The van der Waals surface area contributed by atoms with Crippen molar-refractivity contribution in [3.05, 3.63) is 0 Å². The van der Waals surface area contributed by atoms with Crippen molar-refractivity contribution in [1.82, 2.24) is 4.81 Å². The lowest BCUT2D eigenvalue weighted by Gasteiger charge is -2.12. The molecule has 3 heteroatoms. The average molecular weight is 129 g/mol. The fourth-order valence-electron chi connectivity index (χ4n) is 0.968. The summed E-state index contributed by atoms with van der Waals surface area (Å²) in [6.07, 6.45) is 3.61. The third-order valence-electron chi connectivity index (χ3n) is 1.48. The summed E-state index contributed by atoms with van der Waals surface area (Å²) in [5.74, 6) is 1.36. The molecule has 1 fully saturated rings. The van der Waals surface area contributed by atoms with Crippen LogP contribution in [-0.2, 0) is 0 Å². The summed E-state index contributed by atoms with van der Waals surface area (Å²) in [7, 11) is 4.31. The maximum absolute atomic E-state index is 2.30. The van der Waals surface area contributed by atoms with Gasteiger partial charge in [-0.2, -0.15) is 11.6 Å².